The molecule has 1 saturated carbocycles. The summed E-state index contributed by atoms with van der Waals surface area (Å²) >= 11 is 0. The van der Waals surface area contributed by atoms with Crippen LogP contribution in [0.2, 0.25) is 0 Å². The smallest absolute Gasteiger partial charge is 0.312 e. The lowest BCUT2D eigenvalue weighted by molar-refractivity contribution is -0.385. The molecule has 0 unspecified atom stereocenters. The maximum atomic E-state index is 13.0. The third kappa shape index (κ3) is 5.58. The summed E-state index contributed by atoms with van der Waals surface area (Å²) in [5.74, 6) is -3.13. The fourth-order valence-electron chi connectivity index (χ4n) is 4.51. The number of ether oxygens (including phenoxy) is 2. The van der Waals surface area contributed by atoms with Crippen LogP contribution in [-0.2, 0) is 19.1 Å². The number of carbonyl (C=O) groups is 4. The van der Waals surface area contributed by atoms with Gasteiger partial charge in [-0.05, 0) is 49.4 Å². The van der Waals surface area contributed by atoms with E-state index in [2.05, 4.69) is 0 Å². The van der Waals surface area contributed by atoms with Gasteiger partial charge in [-0.15, -0.1) is 0 Å². The van der Waals surface area contributed by atoms with E-state index in [4.69, 9.17) is 9.47 Å². The monoisotopic (exact) mass is 526 g/mol. The van der Waals surface area contributed by atoms with E-state index in [1.54, 1.807) is 20.8 Å². The average molecular weight is 526 g/mol. The Kier molecular flexibility index (Phi) is 8.04. The molecule has 200 valence electrons. The van der Waals surface area contributed by atoms with Crippen molar-refractivity contribution in [3.63, 3.8) is 0 Å². The van der Waals surface area contributed by atoms with Crippen LogP contribution in [0.5, 0.6) is 0 Å². The lowest BCUT2D eigenvalue weighted by Crippen LogP contribution is -2.44. The second-order valence-corrected chi connectivity index (χ2v) is 9.78. The van der Waals surface area contributed by atoms with E-state index in [0.29, 0.717) is 6.42 Å². The third-order valence-electron chi connectivity index (χ3n) is 7.44. The lowest BCUT2D eigenvalue weighted by atomic mass is 9.65. The summed E-state index contributed by atoms with van der Waals surface area (Å²) in [4.78, 5) is 71.0. The number of rotatable bonds is 10. The van der Waals surface area contributed by atoms with Gasteiger partial charge >= 0.3 is 11.9 Å². The Morgan fingerprint density at radius 3 is 1.63 bits per heavy atom. The first-order chi connectivity index (χ1) is 17.8. The van der Waals surface area contributed by atoms with Crippen molar-refractivity contribution >= 4 is 34.9 Å². The molecule has 0 aliphatic heterocycles. The fraction of sp³-hybridized carbons (Fsp3) is 0.385. The Morgan fingerprint density at radius 1 is 0.789 bits per heavy atom. The summed E-state index contributed by atoms with van der Waals surface area (Å²) in [6.07, 6.45) is 0.570. The number of nitro benzene ring substituents is 2. The van der Waals surface area contributed by atoms with Crippen LogP contribution in [0.3, 0.4) is 0 Å². The van der Waals surface area contributed by atoms with Crippen LogP contribution in [-0.4, -0.2) is 46.6 Å². The van der Waals surface area contributed by atoms with Crippen molar-refractivity contribution in [2.75, 3.05) is 13.2 Å². The molecule has 1 aliphatic rings. The Hall–Kier alpha value is -4.48. The maximum Gasteiger partial charge on any atom is 0.312 e. The van der Waals surface area contributed by atoms with Crippen molar-refractivity contribution < 1.29 is 38.5 Å². The van der Waals surface area contributed by atoms with Gasteiger partial charge < -0.3 is 9.47 Å². The molecule has 12 nitrogen and oxygen atoms in total. The van der Waals surface area contributed by atoms with Crippen LogP contribution in [0, 0.1) is 37.0 Å². The Bertz CT molecular complexity index is 1280. The minimum absolute atomic E-state index is 0.151. The minimum Gasteiger partial charge on any atom is -0.457 e. The molecule has 1 fully saturated rings. The lowest BCUT2D eigenvalue weighted by Gasteiger charge is -2.38. The standard InChI is InChI=1S/C26H26N2O10/c1-25(2)20(23(31)37-14-21(29)16-4-8-18(9-5-16)27(33)34)12-13-26(25,3)24(32)38-15-22(30)17-6-10-19(11-7-17)28(35)36/h4-11,20H,12-15H2,1-3H3/t20-,26-/m1/s1. The molecule has 2 aromatic rings. The number of esters is 2. The largest absolute Gasteiger partial charge is 0.457 e. The number of hydrogen-bond acceptors (Lipinski definition) is 10. The highest BCUT2D eigenvalue weighted by atomic mass is 16.6. The molecule has 12 heteroatoms. The van der Waals surface area contributed by atoms with Gasteiger partial charge in [0.05, 0.1) is 21.2 Å². The van der Waals surface area contributed by atoms with Gasteiger partial charge in [-0.2, -0.15) is 0 Å². The topological polar surface area (TPSA) is 173 Å². The summed E-state index contributed by atoms with van der Waals surface area (Å²) in [6.45, 7) is 3.93. The number of nitro groups is 2. The van der Waals surface area contributed by atoms with Crippen molar-refractivity contribution in [1.82, 2.24) is 0 Å². The Balaban J connectivity index is 1.58. The minimum atomic E-state index is -1.13. The molecular formula is C26H26N2O10. The highest BCUT2D eigenvalue weighted by Crippen LogP contribution is 2.56. The normalized spacial score (nSPS) is 19.8. The zero-order chi connectivity index (χ0) is 28.3. The molecule has 2 aromatic carbocycles. The predicted octanol–water partition coefficient (Wildman–Crippen LogP) is 4.10. The van der Waals surface area contributed by atoms with E-state index in [0.717, 1.165) is 0 Å². The second-order valence-electron chi connectivity index (χ2n) is 9.78. The van der Waals surface area contributed by atoms with E-state index in [1.165, 1.54) is 48.5 Å². The van der Waals surface area contributed by atoms with Crippen molar-refractivity contribution in [3.05, 3.63) is 79.9 Å². The predicted molar refractivity (Wildman–Crippen MR) is 131 cm³/mol. The Morgan fingerprint density at radius 2 is 1.21 bits per heavy atom. The van der Waals surface area contributed by atoms with Gasteiger partial charge in [0.25, 0.3) is 11.4 Å². The maximum absolute atomic E-state index is 13.0. The quantitative estimate of drug-likeness (QED) is 0.190. The van der Waals surface area contributed by atoms with Crippen LogP contribution in [0.15, 0.2) is 48.5 Å². The van der Waals surface area contributed by atoms with E-state index < -0.39 is 63.3 Å². The summed E-state index contributed by atoms with van der Waals surface area (Å²) in [7, 11) is 0. The molecule has 0 N–H and O–H groups in total. The number of non-ortho nitro benzene ring substituents is 2. The molecule has 1 aliphatic carbocycles. The highest BCUT2D eigenvalue weighted by Gasteiger charge is 2.59. The van der Waals surface area contributed by atoms with Gasteiger partial charge in [-0.25, -0.2) is 0 Å². The van der Waals surface area contributed by atoms with Gasteiger partial charge in [0.15, 0.2) is 24.8 Å². The molecule has 38 heavy (non-hydrogen) atoms. The van der Waals surface area contributed by atoms with E-state index in [9.17, 15) is 39.4 Å². The van der Waals surface area contributed by atoms with Gasteiger partial charge in [-0.3, -0.25) is 39.4 Å². The molecule has 0 saturated heterocycles. The van der Waals surface area contributed by atoms with Crippen LogP contribution in [0.25, 0.3) is 0 Å². The van der Waals surface area contributed by atoms with E-state index >= 15 is 0 Å². The average Bonchev–Trinajstić information content (AvgIpc) is 3.14. The number of benzene rings is 2. The summed E-state index contributed by atoms with van der Waals surface area (Å²) in [5.41, 5.74) is -2.11. The second kappa shape index (κ2) is 10.9. The molecule has 0 radical (unpaired) electrons. The van der Waals surface area contributed by atoms with E-state index in [-0.39, 0.29) is 28.9 Å². The number of carbonyl (C=O) groups excluding carboxylic acids is 4. The van der Waals surface area contributed by atoms with Crippen molar-refractivity contribution in [2.24, 2.45) is 16.7 Å². The van der Waals surface area contributed by atoms with Gasteiger partial charge in [0.2, 0.25) is 0 Å². The molecule has 3 rings (SSSR count). The van der Waals surface area contributed by atoms with Crippen LogP contribution < -0.4 is 0 Å². The summed E-state index contributed by atoms with van der Waals surface area (Å²) in [5, 5.41) is 21.5. The van der Waals surface area contributed by atoms with Crippen molar-refractivity contribution in [2.45, 2.75) is 33.6 Å². The molecular weight excluding hydrogens is 500 g/mol. The SMILES string of the molecule is CC1(C)[C@@H](C(=O)OCC(=O)c2ccc([N+](=O)[O-])cc2)CC[C@]1(C)C(=O)OCC(=O)c1ccc([N+](=O)[O-])cc1. The van der Waals surface area contributed by atoms with Crippen molar-refractivity contribution in [1.29, 1.82) is 0 Å². The van der Waals surface area contributed by atoms with Crippen LogP contribution >= 0.6 is 0 Å². The van der Waals surface area contributed by atoms with Crippen LogP contribution in [0.4, 0.5) is 11.4 Å². The number of hydrogen-bond donors (Lipinski definition) is 0. The van der Waals surface area contributed by atoms with E-state index in [1.807, 2.05) is 0 Å². The van der Waals surface area contributed by atoms with Gasteiger partial charge in [-0.1, -0.05) is 13.8 Å². The molecule has 0 aromatic heterocycles. The molecule has 0 heterocycles. The van der Waals surface area contributed by atoms with Gasteiger partial charge in [0.1, 0.15) is 0 Å². The van der Waals surface area contributed by atoms with Gasteiger partial charge in [0, 0.05) is 35.4 Å². The molecule has 2 atom stereocenters. The Labute approximate surface area is 217 Å². The zero-order valence-corrected chi connectivity index (χ0v) is 21.0. The molecule has 0 bridgehead atoms. The number of nitrogens with zero attached hydrogens (tertiary/aromatic N) is 2. The zero-order valence-electron chi connectivity index (χ0n) is 21.0. The number of ketones is 2. The van der Waals surface area contributed by atoms with Crippen molar-refractivity contribution in [3.8, 4) is 0 Å². The summed E-state index contributed by atoms with van der Waals surface area (Å²) in [6, 6.07) is 9.83. The highest BCUT2D eigenvalue weighted by molar-refractivity contribution is 5.99. The fourth-order valence-corrected chi connectivity index (χ4v) is 4.51. The first kappa shape index (κ1) is 28.1. The first-order valence-electron chi connectivity index (χ1n) is 11.7. The molecule has 0 amide bonds. The summed E-state index contributed by atoms with van der Waals surface area (Å²) < 4.78 is 10.5. The number of Topliss-reactive ketones (excluding diaryl/α,β-unsaturated/α-hetero) is 2. The third-order valence-corrected chi connectivity index (χ3v) is 7.44. The van der Waals surface area contributed by atoms with Crippen LogP contribution in [0.1, 0.15) is 54.3 Å². The molecule has 0 spiro atoms. The first-order valence-corrected chi connectivity index (χ1v) is 11.7.